The molecule has 0 saturated carbocycles. The molecular formula is C14H21ClN2O2S2. The second-order valence-corrected chi connectivity index (χ2v) is 8.78. The van der Waals surface area contributed by atoms with Crippen LogP contribution in [0.3, 0.4) is 0 Å². The van der Waals surface area contributed by atoms with Crippen LogP contribution in [-0.2, 0) is 10.0 Å². The van der Waals surface area contributed by atoms with E-state index in [1.165, 1.54) is 11.2 Å². The Morgan fingerprint density at radius 1 is 1.29 bits per heavy atom. The molecule has 7 heteroatoms. The monoisotopic (exact) mass is 348 g/mol. The second kappa shape index (κ2) is 7.83. The maximum Gasteiger partial charge on any atom is 0.211 e. The molecule has 1 fully saturated rings. The zero-order valence-corrected chi connectivity index (χ0v) is 14.5. The number of nitrogens with one attached hydrogen (secondary N) is 1. The normalized spacial score (nSPS) is 18.0. The van der Waals surface area contributed by atoms with Crippen LogP contribution in [-0.4, -0.2) is 50.4 Å². The maximum atomic E-state index is 11.4. The van der Waals surface area contributed by atoms with E-state index in [0.29, 0.717) is 19.1 Å². The van der Waals surface area contributed by atoms with E-state index in [4.69, 9.17) is 11.6 Å². The number of benzene rings is 1. The Kier molecular flexibility index (Phi) is 6.37. The molecule has 0 aromatic heterocycles. The highest BCUT2D eigenvalue weighted by molar-refractivity contribution is 7.99. The summed E-state index contributed by atoms with van der Waals surface area (Å²) in [7, 11) is -3.02. The molecule has 0 unspecified atom stereocenters. The fourth-order valence-electron chi connectivity index (χ4n) is 2.35. The van der Waals surface area contributed by atoms with Crippen LogP contribution < -0.4 is 5.32 Å². The summed E-state index contributed by atoms with van der Waals surface area (Å²) in [4.78, 5) is 1.22. The highest BCUT2D eigenvalue weighted by Crippen LogP contribution is 2.20. The fraction of sp³-hybridized carbons (Fsp3) is 0.571. The number of hydrogen-bond acceptors (Lipinski definition) is 4. The van der Waals surface area contributed by atoms with Crippen molar-refractivity contribution in [1.82, 2.24) is 9.62 Å². The lowest BCUT2D eigenvalue weighted by Crippen LogP contribution is -2.44. The number of thioether (sulfide) groups is 1. The summed E-state index contributed by atoms with van der Waals surface area (Å²) >= 11 is 7.65. The van der Waals surface area contributed by atoms with Crippen LogP contribution in [0.4, 0.5) is 0 Å². The molecule has 0 spiro atoms. The number of rotatable bonds is 6. The lowest BCUT2D eigenvalue weighted by Gasteiger charge is -2.30. The largest absolute Gasteiger partial charge is 0.313 e. The third-order valence-corrected chi connectivity index (χ3v) is 6.11. The molecule has 118 valence electrons. The molecule has 1 aliphatic heterocycles. The number of piperidine rings is 1. The maximum absolute atomic E-state index is 11.4. The van der Waals surface area contributed by atoms with Crippen molar-refractivity contribution in [2.24, 2.45) is 0 Å². The van der Waals surface area contributed by atoms with Gasteiger partial charge < -0.3 is 5.32 Å². The molecule has 1 saturated heterocycles. The molecule has 0 atom stereocenters. The summed E-state index contributed by atoms with van der Waals surface area (Å²) in [6.07, 6.45) is 3.06. The Morgan fingerprint density at radius 3 is 2.48 bits per heavy atom. The first kappa shape index (κ1) is 17.1. The van der Waals surface area contributed by atoms with Gasteiger partial charge in [-0.1, -0.05) is 11.6 Å². The Labute approximate surface area is 136 Å². The summed E-state index contributed by atoms with van der Waals surface area (Å²) in [5.41, 5.74) is 0. The summed E-state index contributed by atoms with van der Waals surface area (Å²) in [6, 6.07) is 8.28. The van der Waals surface area contributed by atoms with Gasteiger partial charge in [-0.05, 0) is 37.1 Å². The van der Waals surface area contributed by atoms with E-state index in [-0.39, 0.29) is 0 Å². The van der Waals surface area contributed by atoms with Gasteiger partial charge in [-0.3, -0.25) is 0 Å². The predicted octanol–water partition coefficient (Wildman–Crippen LogP) is 2.45. The van der Waals surface area contributed by atoms with Crippen molar-refractivity contribution in [2.45, 2.75) is 23.8 Å². The average Bonchev–Trinajstić information content (AvgIpc) is 2.45. The molecule has 1 aromatic rings. The molecule has 0 bridgehead atoms. The zero-order valence-electron chi connectivity index (χ0n) is 12.1. The molecule has 1 heterocycles. The van der Waals surface area contributed by atoms with Crippen molar-refractivity contribution in [3.8, 4) is 0 Å². The first-order valence-electron chi connectivity index (χ1n) is 7.02. The fourth-order valence-corrected chi connectivity index (χ4v) is 4.14. The Morgan fingerprint density at radius 2 is 1.90 bits per heavy atom. The van der Waals surface area contributed by atoms with Gasteiger partial charge in [0, 0.05) is 41.3 Å². The minimum absolute atomic E-state index is 0.425. The minimum atomic E-state index is -3.02. The molecule has 1 aromatic carbocycles. The SMILES string of the molecule is CS(=O)(=O)N1CCC(NCCSc2ccc(Cl)cc2)CC1. The smallest absolute Gasteiger partial charge is 0.211 e. The summed E-state index contributed by atoms with van der Waals surface area (Å²) in [5.74, 6) is 0.994. The topological polar surface area (TPSA) is 49.4 Å². The Bertz CT molecular complexity index is 541. The number of nitrogens with zero attached hydrogens (tertiary/aromatic N) is 1. The summed E-state index contributed by atoms with van der Waals surface area (Å²) in [6.45, 7) is 2.18. The molecular weight excluding hydrogens is 328 g/mol. The van der Waals surface area contributed by atoms with Gasteiger partial charge in [-0.2, -0.15) is 0 Å². The van der Waals surface area contributed by atoms with Crippen LogP contribution >= 0.6 is 23.4 Å². The second-order valence-electron chi connectivity index (χ2n) is 5.19. The lowest BCUT2D eigenvalue weighted by molar-refractivity contribution is 0.294. The summed E-state index contributed by atoms with van der Waals surface area (Å²) < 4.78 is 24.4. The number of sulfonamides is 1. The van der Waals surface area contributed by atoms with Crippen molar-refractivity contribution in [3.63, 3.8) is 0 Å². The molecule has 0 amide bonds. The third-order valence-electron chi connectivity index (χ3n) is 3.54. The zero-order chi connectivity index (χ0) is 15.3. The van der Waals surface area contributed by atoms with Gasteiger partial charge in [0.2, 0.25) is 10.0 Å². The van der Waals surface area contributed by atoms with Gasteiger partial charge in [0.15, 0.2) is 0 Å². The van der Waals surface area contributed by atoms with Crippen LogP contribution in [0, 0.1) is 0 Å². The standard InChI is InChI=1S/C14H21ClN2O2S2/c1-21(18,19)17-9-6-13(7-10-17)16-8-11-20-14-4-2-12(15)3-5-14/h2-5,13,16H,6-11H2,1H3. The van der Waals surface area contributed by atoms with E-state index < -0.39 is 10.0 Å². The van der Waals surface area contributed by atoms with E-state index in [0.717, 1.165) is 30.2 Å². The van der Waals surface area contributed by atoms with Gasteiger partial charge in [0.05, 0.1) is 6.26 Å². The number of halogens is 1. The van der Waals surface area contributed by atoms with Crippen LogP contribution in [0.1, 0.15) is 12.8 Å². The summed E-state index contributed by atoms with van der Waals surface area (Å²) in [5, 5.41) is 4.27. The van der Waals surface area contributed by atoms with E-state index in [2.05, 4.69) is 5.32 Å². The molecule has 0 radical (unpaired) electrons. The van der Waals surface area contributed by atoms with Crippen molar-refractivity contribution in [3.05, 3.63) is 29.3 Å². The van der Waals surface area contributed by atoms with Crippen LogP contribution in [0.15, 0.2) is 29.2 Å². The van der Waals surface area contributed by atoms with Gasteiger partial charge in [-0.25, -0.2) is 12.7 Å². The highest BCUT2D eigenvalue weighted by Gasteiger charge is 2.24. The van der Waals surface area contributed by atoms with E-state index >= 15 is 0 Å². The van der Waals surface area contributed by atoms with Gasteiger partial charge in [0.1, 0.15) is 0 Å². The van der Waals surface area contributed by atoms with Crippen LogP contribution in [0.5, 0.6) is 0 Å². The minimum Gasteiger partial charge on any atom is -0.313 e. The van der Waals surface area contributed by atoms with E-state index in [1.54, 1.807) is 16.1 Å². The Balaban J connectivity index is 1.63. The first-order chi connectivity index (χ1) is 9.95. The molecule has 1 aliphatic rings. The molecule has 1 N–H and O–H groups in total. The molecule has 0 aliphatic carbocycles. The first-order valence-corrected chi connectivity index (χ1v) is 10.2. The number of hydrogen-bond donors (Lipinski definition) is 1. The van der Waals surface area contributed by atoms with Crippen molar-refractivity contribution >= 4 is 33.4 Å². The van der Waals surface area contributed by atoms with Gasteiger partial charge >= 0.3 is 0 Å². The molecule has 2 rings (SSSR count). The predicted molar refractivity (Wildman–Crippen MR) is 89.6 cm³/mol. The quantitative estimate of drug-likeness (QED) is 0.633. The third kappa shape index (κ3) is 5.79. The van der Waals surface area contributed by atoms with Crippen molar-refractivity contribution in [2.75, 3.05) is 31.6 Å². The van der Waals surface area contributed by atoms with Crippen LogP contribution in [0.2, 0.25) is 5.02 Å². The average molecular weight is 349 g/mol. The van der Waals surface area contributed by atoms with Crippen molar-refractivity contribution in [1.29, 1.82) is 0 Å². The van der Waals surface area contributed by atoms with Gasteiger partial charge in [0.25, 0.3) is 0 Å². The van der Waals surface area contributed by atoms with Gasteiger partial charge in [-0.15, -0.1) is 11.8 Å². The molecule has 21 heavy (non-hydrogen) atoms. The lowest BCUT2D eigenvalue weighted by atomic mass is 10.1. The molecule has 4 nitrogen and oxygen atoms in total. The highest BCUT2D eigenvalue weighted by atomic mass is 35.5. The van der Waals surface area contributed by atoms with Crippen LogP contribution in [0.25, 0.3) is 0 Å². The van der Waals surface area contributed by atoms with E-state index in [9.17, 15) is 8.42 Å². The Hall–Kier alpha value is -0.270. The van der Waals surface area contributed by atoms with E-state index in [1.807, 2.05) is 24.3 Å². The van der Waals surface area contributed by atoms with Crippen molar-refractivity contribution < 1.29 is 8.42 Å².